The van der Waals surface area contributed by atoms with Crippen LogP contribution < -0.4 is 16.0 Å². The lowest BCUT2D eigenvalue weighted by Gasteiger charge is -2.28. The van der Waals surface area contributed by atoms with Crippen LogP contribution in [0.15, 0.2) is 30.5 Å². The van der Waals surface area contributed by atoms with E-state index in [1.165, 1.54) is 0 Å². The first kappa shape index (κ1) is 20.2. The number of rotatable bonds is 5. The van der Waals surface area contributed by atoms with E-state index in [-0.39, 0.29) is 36.1 Å². The number of ether oxygens (including phenoxy) is 1. The average molecular weight is 413 g/mol. The van der Waals surface area contributed by atoms with Crippen LogP contribution in [0.4, 0.5) is 16.0 Å². The maximum Gasteiger partial charge on any atom is 0.253 e. The van der Waals surface area contributed by atoms with Gasteiger partial charge in [0.05, 0.1) is 12.8 Å². The van der Waals surface area contributed by atoms with Gasteiger partial charge in [-0.3, -0.25) is 9.59 Å². The molecule has 8 nitrogen and oxygen atoms in total. The van der Waals surface area contributed by atoms with Crippen molar-refractivity contribution in [3.8, 4) is 11.3 Å². The largest absolute Gasteiger partial charge is 0.370 e. The van der Waals surface area contributed by atoms with E-state index in [9.17, 15) is 14.0 Å². The number of carbonyl (C=O) groups excluding carboxylic acids is 2. The van der Waals surface area contributed by atoms with Crippen molar-refractivity contribution in [1.29, 1.82) is 0 Å². The summed E-state index contributed by atoms with van der Waals surface area (Å²) in [6.07, 6.45) is 4.28. The van der Waals surface area contributed by atoms with Crippen molar-refractivity contribution in [2.75, 3.05) is 30.0 Å². The monoisotopic (exact) mass is 413 g/mol. The van der Waals surface area contributed by atoms with Gasteiger partial charge in [-0.1, -0.05) is 18.6 Å². The number of halogens is 1. The minimum atomic E-state index is -0.551. The Bertz CT molecular complexity index is 954. The van der Waals surface area contributed by atoms with Gasteiger partial charge in [0.1, 0.15) is 12.3 Å². The van der Waals surface area contributed by atoms with Gasteiger partial charge in [0.25, 0.3) is 5.91 Å². The molecule has 2 atom stereocenters. The highest BCUT2D eigenvalue weighted by molar-refractivity contribution is 5.95. The molecule has 3 N–H and O–H groups in total. The van der Waals surface area contributed by atoms with Gasteiger partial charge in [-0.25, -0.2) is 14.4 Å². The summed E-state index contributed by atoms with van der Waals surface area (Å²) in [4.78, 5) is 33.7. The van der Waals surface area contributed by atoms with E-state index in [2.05, 4.69) is 15.3 Å². The van der Waals surface area contributed by atoms with Crippen molar-refractivity contribution in [2.24, 2.45) is 11.7 Å². The zero-order chi connectivity index (χ0) is 21.1. The van der Waals surface area contributed by atoms with E-state index in [4.69, 9.17) is 10.5 Å². The Kier molecular flexibility index (Phi) is 5.89. The quantitative estimate of drug-likeness (QED) is 0.777. The molecule has 1 saturated heterocycles. The molecule has 0 unspecified atom stereocenters. The van der Waals surface area contributed by atoms with Crippen LogP contribution in [0.3, 0.4) is 0 Å². The van der Waals surface area contributed by atoms with E-state index in [1.54, 1.807) is 29.2 Å². The van der Waals surface area contributed by atoms with Gasteiger partial charge in [0.15, 0.2) is 5.82 Å². The second-order valence-electron chi connectivity index (χ2n) is 7.65. The molecule has 158 valence electrons. The molecule has 9 heteroatoms. The summed E-state index contributed by atoms with van der Waals surface area (Å²) in [6.45, 7) is 0.942. The zero-order valence-corrected chi connectivity index (χ0v) is 16.5. The smallest absolute Gasteiger partial charge is 0.253 e. The van der Waals surface area contributed by atoms with E-state index in [0.717, 1.165) is 25.5 Å². The fourth-order valence-electron chi connectivity index (χ4n) is 4.01. The van der Waals surface area contributed by atoms with Crippen molar-refractivity contribution in [3.05, 3.63) is 36.3 Å². The zero-order valence-electron chi connectivity index (χ0n) is 16.5. The Morgan fingerprint density at radius 3 is 3.00 bits per heavy atom. The van der Waals surface area contributed by atoms with Gasteiger partial charge in [-0.05, 0) is 31.4 Å². The third-order valence-corrected chi connectivity index (χ3v) is 5.57. The molecule has 1 aromatic heterocycles. The molecule has 0 spiro atoms. The molecule has 2 aliphatic rings. The Hall–Kier alpha value is -3.07. The third-order valence-electron chi connectivity index (χ3n) is 5.57. The van der Waals surface area contributed by atoms with E-state index in [1.807, 2.05) is 0 Å². The summed E-state index contributed by atoms with van der Waals surface area (Å²) in [5.41, 5.74) is 6.82. The van der Waals surface area contributed by atoms with Crippen molar-refractivity contribution >= 4 is 23.5 Å². The molecule has 2 fully saturated rings. The van der Waals surface area contributed by atoms with Gasteiger partial charge in [0.2, 0.25) is 11.9 Å². The molecule has 1 aliphatic carbocycles. The molecule has 30 heavy (non-hydrogen) atoms. The minimum Gasteiger partial charge on any atom is -0.370 e. The lowest BCUT2D eigenvalue weighted by Crippen LogP contribution is -2.41. The van der Waals surface area contributed by atoms with Crippen LogP contribution in [0.1, 0.15) is 25.7 Å². The number of anilines is 2. The van der Waals surface area contributed by atoms with Crippen LogP contribution in [0.25, 0.3) is 11.3 Å². The van der Waals surface area contributed by atoms with E-state index in [0.29, 0.717) is 36.8 Å². The Labute approximate surface area is 173 Å². The predicted octanol–water partition coefficient (Wildman–Crippen LogP) is 2.10. The number of primary amides is 1. The summed E-state index contributed by atoms with van der Waals surface area (Å²) < 4.78 is 19.7. The lowest BCUT2D eigenvalue weighted by molar-refractivity contribution is -0.125. The number of hydrogen-bond donors (Lipinski definition) is 2. The van der Waals surface area contributed by atoms with Crippen molar-refractivity contribution in [3.63, 3.8) is 0 Å². The van der Waals surface area contributed by atoms with Crippen molar-refractivity contribution < 1.29 is 18.7 Å². The first-order chi connectivity index (χ1) is 14.5. The molecule has 4 rings (SSSR count). The van der Waals surface area contributed by atoms with Crippen LogP contribution in [0, 0.1) is 11.7 Å². The normalized spacial score (nSPS) is 22.0. The van der Waals surface area contributed by atoms with Crippen LogP contribution in [0.5, 0.6) is 0 Å². The highest BCUT2D eigenvalue weighted by Crippen LogP contribution is 2.29. The van der Waals surface area contributed by atoms with Crippen LogP contribution in [-0.4, -0.2) is 47.6 Å². The second kappa shape index (κ2) is 8.74. The summed E-state index contributed by atoms with van der Waals surface area (Å²) in [7, 11) is 0. The van der Waals surface area contributed by atoms with Gasteiger partial charge in [-0.15, -0.1) is 0 Å². The maximum absolute atomic E-state index is 14.5. The number of amides is 2. The van der Waals surface area contributed by atoms with Gasteiger partial charge < -0.3 is 20.7 Å². The molecule has 0 bridgehead atoms. The number of nitrogens with one attached hydrogen (secondary N) is 1. The molecule has 1 aliphatic heterocycles. The van der Waals surface area contributed by atoms with Crippen molar-refractivity contribution in [2.45, 2.75) is 31.7 Å². The minimum absolute atomic E-state index is 0.00636. The van der Waals surface area contributed by atoms with Crippen molar-refractivity contribution in [1.82, 2.24) is 9.97 Å². The molecular weight excluding hydrogens is 389 g/mol. The number of carbonyl (C=O) groups is 2. The molecule has 2 aromatic rings. The third kappa shape index (κ3) is 4.40. The predicted molar refractivity (Wildman–Crippen MR) is 109 cm³/mol. The maximum atomic E-state index is 14.5. The molecule has 1 aromatic carbocycles. The Morgan fingerprint density at radius 1 is 1.33 bits per heavy atom. The number of morpholine rings is 1. The standard InChI is InChI=1S/C21H24FN5O3/c22-17-11-24-21(25-15-5-1-4-14(9-15)20(23)29)26-19(17)13-3-2-6-16(10-13)27-7-8-30-12-18(27)28/h2-3,6,10-11,14-15H,1,4-5,7-9,12H2,(H2,23,29)(H,24,25,26)/t14-,15+/m0/s1. The molecule has 1 saturated carbocycles. The highest BCUT2D eigenvalue weighted by atomic mass is 19.1. The van der Waals surface area contributed by atoms with Gasteiger partial charge in [-0.2, -0.15) is 0 Å². The first-order valence-corrected chi connectivity index (χ1v) is 10.1. The Morgan fingerprint density at radius 2 is 2.20 bits per heavy atom. The number of nitrogens with two attached hydrogens (primary N) is 1. The Balaban J connectivity index is 1.56. The van der Waals surface area contributed by atoms with Crippen LogP contribution in [-0.2, 0) is 14.3 Å². The summed E-state index contributed by atoms with van der Waals surface area (Å²) in [5.74, 6) is -0.847. The lowest BCUT2D eigenvalue weighted by atomic mass is 9.85. The number of benzene rings is 1. The van der Waals surface area contributed by atoms with Gasteiger partial charge in [0, 0.05) is 29.8 Å². The average Bonchev–Trinajstić information content (AvgIpc) is 2.76. The molecule has 2 amide bonds. The van der Waals surface area contributed by atoms with Crippen LogP contribution >= 0.6 is 0 Å². The first-order valence-electron chi connectivity index (χ1n) is 10.1. The highest BCUT2D eigenvalue weighted by Gasteiger charge is 2.26. The molecule has 0 radical (unpaired) electrons. The number of hydrogen-bond acceptors (Lipinski definition) is 6. The fourth-order valence-corrected chi connectivity index (χ4v) is 4.01. The topological polar surface area (TPSA) is 110 Å². The number of aromatic nitrogens is 2. The van der Waals surface area contributed by atoms with E-state index < -0.39 is 5.82 Å². The fraction of sp³-hybridized carbons (Fsp3) is 0.429. The van der Waals surface area contributed by atoms with Gasteiger partial charge >= 0.3 is 0 Å². The van der Waals surface area contributed by atoms with Crippen LogP contribution in [0.2, 0.25) is 0 Å². The summed E-state index contributed by atoms with van der Waals surface area (Å²) >= 11 is 0. The van der Waals surface area contributed by atoms with E-state index >= 15 is 0 Å². The molecule has 2 heterocycles. The number of nitrogens with zero attached hydrogens (tertiary/aromatic N) is 3. The molecular formula is C21H24FN5O3. The summed E-state index contributed by atoms with van der Waals surface area (Å²) in [5, 5.41) is 3.21. The SMILES string of the molecule is NC(=O)[C@H]1CCC[C@@H](Nc2ncc(F)c(-c3cccc(N4CCOCC4=O)c3)n2)C1. The summed E-state index contributed by atoms with van der Waals surface area (Å²) in [6, 6.07) is 7.06. The second-order valence-corrected chi connectivity index (χ2v) is 7.65.